The Morgan fingerprint density at radius 1 is 1.18 bits per heavy atom. The lowest BCUT2D eigenvalue weighted by Gasteiger charge is -2.07. The Morgan fingerprint density at radius 2 is 2.09 bits per heavy atom. The highest BCUT2D eigenvalue weighted by Gasteiger charge is 2.15. The van der Waals surface area contributed by atoms with Crippen molar-refractivity contribution < 1.29 is 4.79 Å². The number of pyridine rings is 1. The van der Waals surface area contributed by atoms with Crippen molar-refractivity contribution >= 4 is 21.8 Å². The standard InChI is InChI=1S/C15H12BrN5O/c16-12-5-3-4-11(8-12)9-18-15(22)14-19-10-20-21(14)13-6-1-2-7-17-13/h1-8,10H,9H2,(H,18,22). The van der Waals surface area contributed by atoms with Gasteiger partial charge in [0, 0.05) is 17.2 Å². The molecule has 7 heteroatoms. The number of benzene rings is 1. The average molecular weight is 358 g/mol. The Labute approximate surface area is 135 Å². The monoisotopic (exact) mass is 357 g/mol. The van der Waals surface area contributed by atoms with Gasteiger partial charge in [0.1, 0.15) is 6.33 Å². The molecule has 0 fully saturated rings. The van der Waals surface area contributed by atoms with E-state index < -0.39 is 0 Å². The maximum absolute atomic E-state index is 12.3. The van der Waals surface area contributed by atoms with Gasteiger partial charge in [-0.05, 0) is 29.8 Å². The van der Waals surface area contributed by atoms with Crippen LogP contribution in [-0.4, -0.2) is 25.7 Å². The minimum Gasteiger partial charge on any atom is -0.345 e. The van der Waals surface area contributed by atoms with Gasteiger partial charge in [0.25, 0.3) is 5.91 Å². The lowest BCUT2D eigenvalue weighted by Crippen LogP contribution is -2.26. The zero-order chi connectivity index (χ0) is 15.4. The van der Waals surface area contributed by atoms with Gasteiger partial charge in [-0.1, -0.05) is 34.1 Å². The number of hydrogen-bond donors (Lipinski definition) is 1. The van der Waals surface area contributed by atoms with E-state index in [9.17, 15) is 4.79 Å². The number of nitrogens with zero attached hydrogens (tertiary/aromatic N) is 4. The summed E-state index contributed by atoms with van der Waals surface area (Å²) in [5, 5.41) is 6.88. The van der Waals surface area contributed by atoms with Crippen LogP contribution in [0.15, 0.2) is 59.5 Å². The summed E-state index contributed by atoms with van der Waals surface area (Å²) in [5.41, 5.74) is 0.992. The van der Waals surface area contributed by atoms with Crippen LogP contribution in [0.25, 0.3) is 5.82 Å². The first kappa shape index (κ1) is 14.4. The first-order valence-electron chi connectivity index (χ1n) is 6.58. The first-order valence-corrected chi connectivity index (χ1v) is 7.37. The van der Waals surface area contributed by atoms with Gasteiger partial charge in [0.15, 0.2) is 5.82 Å². The summed E-state index contributed by atoms with van der Waals surface area (Å²) in [5.74, 6) is 0.449. The molecule has 0 bridgehead atoms. The number of amides is 1. The highest BCUT2D eigenvalue weighted by atomic mass is 79.9. The van der Waals surface area contributed by atoms with Crippen LogP contribution in [-0.2, 0) is 6.54 Å². The normalized spacial score (nSPS) is 10.4. The summed E-state index contributed by atoms with van der Waals surface area (Å²) >= 11 is 3.40. The fourth-order valence-electron chi connectivity index (χ4n) is 1.95. The lowest BCUT2D eigenvalue weighted by atomic mass is 10.2. The fourth-order valence-corrected chi connectivity index (χ4v) is 2.40. The van der Waals surface area contributed by atoms with E-state index >= 15 is 0 Å². The minimum absolute atomic E-state index is 0.202. The van der Waals surface area contributed by atoms with Gasteiger partial charge in [-0.15, -0.1) is 0 Å². The summed E-state index contributed by atoms with van der Waals surface area (Å²) in [6, 6.07) is 13.1. The maximum Gasteiger partial charge on any atom is 0.289 e. The second kappa shape index (κ2) is 6.48. The molecule has 0 radical (unpaired) electrons. The molecule has 0 saturated carbocycles. The summed E-state index contributed by atoms with van der Waals surface area (Å²) in [4.78, 5) is 20.5. The molecule has 0 aliphatic rings. The van der Waals surface area contributed by atoms with Gasteiger partial charge in [-0.25, -0.2) is 9.97 Å². The molecule has 22 heavy (non-hydrogen) atoms. The molecule has 0 aliphatic carbocycles. The highest BCUT2D eigenvalue weighted by molar-refractivity contribution is 9.10. The number of rotatable bonds is 4. The Kier molecular flexibility index (Phi) is 4.24. The molecule has 2 aromatic heterocycles. The van der Waals surface area contributed by atoms with Crippen molar-refractivity contribution in [3.8, 4) is 5.82 Å². The molecule has 1 aromatic carbocycles. The molecule has 0 atom stereocenters. The molecule has 110 valence electrons. The van der Waals surface area contributed by atoms with Crippen LogP contribution in [0, 0.1) is 0 Å². The van der Waals surface area contributed by atoms with E-state index in [2.05, 4.69) is 36.3 Å². The van der Waals surface area contributed by atoms with E-state index in [1.165, 1.54) is 11.0 Å². The number of carbonyl (C=O) groups is 1. The van der Waals surface area contributed by atoms with E-state index in [0.29, 0.717) is 12.4 Å². The van der Waals surface area contributed by atoms with E-state index in [-0.39, 0.29) is 11.7 Å². The van der Waals surface area contributed by atoms with Crippen LogP contribution in [0.5, 0.6) is 0 Å². The van der Waals surface area contributed by atoms with Crippen LogP contribution in [0.3, 0.4) is 0 Å². The van der Waals surface area contributed by atoms with E-state index in [0.717, 1.165) is 10.0 Å². The third kappa shape index (κ3) is 3.20. The molecule has 3 rings (SSSR count). The van der Waals surface area contributed by atoms with Crippen molar-refractivity contribution in [3.63, 3.8) is 0 Å². The smallest absolute Gasteiger partial charge is 0.289 e. The first-order chi connectivity index (χ1) is 10.7. The van der Waals surface area contributed by atoms with Crippen molar-refractivity contribution in [1.82, 2.24) is 25.1 Å². The predicted octanol–water partition coefficient (Wildman–Crippen LogP) is 2.35. The Hall–Kier alpha value is -2.54. The lowest BCUT2D eigenvalue weighted by molar-refractivity contribution is 0.0938. The van der Waals surface area contributed by atoms with Crippen LogP contribution in [0.1, 0.15) is 16.2 Å². The van der Waals surface area contributed by atoms with Crippen molar-refractivity contribution in [1.29, 1.82) is 0 Å². The Morgan fingerprint density at radius 3 is 2.86 bits per heavy atom. The van der Waals surface area contributed by atoms with Crippen LogP contribution in [0.4, 0.5) is 0 Å². The van der Waals surface area contributed by atoms with Gasteiger partial charge in [-0.3, -0.25) is 4.79 Å². The number of hydrogen-bond acceptors (Lipinski definition) is 4. The van der Waals surface area contributed by atoms with Gasteiger partial charge in [-0.2, -0.15) is 9.78 Å². The van der Waals surface area contributed by atoms with Gasteiger partial charge >= 0.3 is 0 Å². The summed E-state index contributed by atoms with van der Waals surface area (Å²) in [6.45, 7) is 0.410. The SMILES string of the molecule is O=C(NCc1cccc(Br)c1)c1ncnn1-c1ccccn1. The predicted molar refractivity (Wildman–Crippen MR) is 84.5 cm³/mol. The third-order valence-electron chi connectivity index (χ3n) is 2.96. The molecule has 3 aromatic rings. The molecule has 0 spiro atoms. The summed E-state index contributed by atoms with van der Waals surface area (Å²) < 4.78 is 2.38. The fraction of sp³-hybridized carbons (Fsp3) is 0.0667. The van der Waals surface area contributed by atoms with E-state index in [1.54, 1.807) is 18.3 Å². The van der Waals surface area contributed by atoms with Crippen molar-refractivity contribution in [2.24, 2.45) is 0 Å². The topological polar surface area (TPSA) is 72.7 Å². The van der Waals surface area contributed by atoms with Crippen molar-refractivity contribution in [2.45, 2.75) is 6.54 Å². The van der Waals surface area contributed by atoms with Crippen LogP contribution < -0.4 is 5.32 Å². The zero-order valence-corrected chi connectivity index (χ0v) is 13.1. The Bertz CT molecular complexity index is 787. The Balaban J connectivity index is 1.75. The highest BCUT2D eigenvalue weighted by Crippen LogP contribution is 2.11. The number of carbonyl (C=O) groups excluding carboxylic acids is 1. The zero-order valence-electron chi connectivity index (χ0n) is 11.5. The molecule has 1 amide bonds. The third-order valence-corrected chi connectivity index (χ3v) is 3.45. The molecule has 0 saturated heterocycles. The molecule has 2 heterocycles. The summed E-state index contributed by atoms with van der Waals surface area (Å²) in [6.07, 6.45) is 2.98. The average Bonchev–Trinajstić information content (AvgIpc) is 3.03. The number of nitrogens with one attached hydrogen (secondary N) is 1. The van der Waals surface area contributed by atoms with Gasteiger partial charge in [0.2, 0.25) is 5.82 Å². The van der Waals surface area contributed by atoms with Crippen molar-refractivity contribution in [3.05, 3.63) is 70.8 Å². The van der Waals surface area contributed by atoms with E-state index in [1.807, 2.05) is 30.3 Å². The minimum atomic E-state index is -0.303. The van der Waals surface area contributed by atoms with Crippen molar-refractivity contribution in [2.75, 3.05) is 0 Å². The molecular weight excluding hydrogens is 346 g/mol. The van der Waals surface area contributed by atoms with Gasteiger partial charge < -0.3 is 5.32 Å². The summed E-state index contributed by atoms with van der Waals surface area (Å²) in [7, 11) is 0. The molecule has 6 nitrogen and oxygen atoms in total. The molecule has 1 N–H and O–H groups in total. The maximum atomic E-state index is 12.3. The van der Waals surface area contributed by atoms with Crippen LogP contribution >= 0.6 is 15.9 Å². The number of halogens is 1. The molecule has 0 unspecified atom stereocenters. The number of aromatic nitrogens is 4. The molecule has 0 aliphatic heterocycles. The largest absolute Gasteiger partial charge is 0.345 e. The quantitative estimate of drug-likeness (QED) is 0.777. The second-order valence-electron chi connectivity index (χ2n) is 4.50. The molecular formula is C15H12BrN5O. The van der Waals surface area contributed by atoms with Gasteiger partial charge in [0.05, 0.1) is 0 Å². The van der Waals surface area contributed by atoms with Crippen LogP contribution in [0.2, 0.25) is 0 Å². The second-order valence-corrected chi connectivity index (χ2v) is 5.41. The van der Waals surface area contributed by atoms with E-state index in [4.69, 9.17) is 0 Å².